The lowest BCUT2D eigenvalue weighted by atomic mass is 9.75. The molecule has 0 saturated carbocycles. The van der Waals surface area contributed by atoms with Crippen molar-refractivity contribution >= 4 is 5.97 Å². The van der Waals surface area contributed by atoms with E-state index in [-0.39, 0.29) is 37.7 Å². The van der Waals surface area contributed by atoms with Crippen molar-refractivity contribution in [3.63, 3.8) is 0 Å². The third-order valence-corrected chi connectivity index (χ3v) is 7.36. The molecule has 0 aliphatic carbocycles. The van der Waals surface area contributed by atoms with E-state index in [1.165, 1.54) is 11.8 Å². The fourth-order valence-corrected chi connectivity index (χ4v) is 4.98. The molecule has 1 aliphatic heterocycles. The zero-order valence-electron chi connectivity index (χ0n) is 22.3. The summed E-state index contributed by atoms with van der Waals surface area (Å²) in [5.74, 6) is -0.717. The highest BCUT2D eigenvalue weighted by Gasteiger charge is 2.56. The number of ether oxygens (including phenoxy) is 2. The lowest BCUT2D eigenvalue weighted by Gasteiger charge is -2.50. The number of aliphatic hydroxyl groups excluding tert-OH is 1. The molecule has 1 fully saturated rings. The van der Waals surface area contributed by atoms with Gasteiger partial charge in [-0.05, 0) is 49.6 Å². The van der Waals surface area contributed by atoms with Crippen LogP contribution in [0.1, 0.15) is 55.0 Å². The molecule has 8 nitrogen and oxygen atoms in total. The number of likely N-dealkylation sites (tertiary alicyclic amines) is 1. The van der Waals surface area contributed by atoms with Gasteiger partial charge in [0.25, 0.3) is 5.54 Å². The first-order chi connectivity index (χ1) is 19.1. The maximum Gasteiger partial charge on any atom is 0.416 e. The Morgan fingerprint density at radius 2 is 1.66 bits per heavy atom. The maximum atomic E-state index is 13.4. The predicted molar refractivity (Wildman–Crippen MR) is 133 cm³/mol. The van der Waals surface area contributed by atoms with Gasteiger partial charge < -0.3 is 14.6 Å². The van der Waals surface area contributed by atoms with Crippen LogP contribution in [0.4, 0.5) is 26.3 Å². The third kappa shape index (κ3) is 7.16. The number of esters is 1. The lowest BCUT2D eigenvalue weighted by Crippen LogP contribution is -2.64. The molecule has 226 valence electrons. The van der Waals surface area contributed by atoms with E-state index in [1.54, 1.807) is 37.3 Å². The Kier molecular flexibility index (Phi) is 9.71. The molecular weight excluding hydrogens is 562 g/mol. The number of halogens is 6. The third-order valence-electron chi connectivity index (χ3n) is 7.36. The number of carbonyl (C=O) groups excluding carboxylic acids is 1. The van der Waals surface area contributed by atoms with Crippen molar-refractivity contribution in [1.82, 2.24) is 4.90 Å². The van der Waals surface area contributed by atoms with Gasteiger partial charge in [0.05, 0.1) is 49.1 Å². The molecule has 1 aliphatic rings. The van der Waals surface area contributed by atoms with E-state index in [0.717, 1.165) is 0 Å². The average Bonchev–Trinajstić information content (AvgIpc) is 2.91. The summed E-state index contributed by atoms with van der Waals surface area (Å²) in [5, 5.41) is 21.9. The van der Waals surface area contributed by atoms with Gasteiger partial charge in [0.15, 0.2) is 0 Å². The van der Waals surface area contributed by atoms with Gasteiger partial charge in [0.1, 0.15) is 6.61 Å². The van der Waals surface area contributed by atoms with E-state index < -0.39 is 71.3 Å². The average molecular weight is 593 g/mol. The van der Waals surface area contributed by atoms with Crippen LogP contribution in [0.15, 0.2) is 48.5 Å². The number of aliphatic hydroxyl groups is 1. The predicted octanol–water partition coefficient (Wildman–Crippen LogP) is 5.36. The summed E-state index contributed by atoms with van der Waals surface area (Å²) < 4.78 is 91.6. The number of rotatable bonds is 10. The largest absolute Gasteiger partial charge is 0.465 e. The van der Waals surface area contributed by atoms with Gasteiger partial charge in [-0.2, -0.15) is 26.3 Å². The molecule has 2 aromatic rings. The summed E-state index contributed by atoms with van der Waals surface area (Å²) in [6, 6.07) is 9.59. The van der Waals surface area contributed by atoms with Gasteiger partial charge in [-0.3, -0.25) is 19.8 Å². The molecule has 3 atom stereocenters. The topological polar surface area (TPSA) is 102 Å². The maximum absolute atomic E-state index is 13.4. The standard InChI is InChI=1S/C27H30F6N2O6/c1-3-40-23(37)14-34-15-24(16-36,35(38)39)9-10-25(34,20-7-5-4-6-8-20)17-41-18(2)19-11-21(26(28,29)30)13-22(12-19)27(31,32)33/h4-8,11-13,18,36H,3,9-10,14-17H2,1-2H3/t18-,24+,25-/m1/s1. The van der Waals surface area contributed by atoms with E-state index in [4.69, 9.17) is 9.47 Å². The smallest absolute Gasteiger partial charge is 0.416 e. The normalized spacial score (nSPS) is 22.8. The van der Waals surface area contributed by atoms with Gasteiger partial charge in [0, 0.05) is 11.3 Å². The SMILES string of the molecule is CCOC(=O)CN1C[C@@](CO)([N+](=O)[O-])CC[C@@]1(CO[C@H](C)c1cc(C(F)(F)F)cc(C(F)(F)F)c1)c1ccccc1. The number of piperidine rings is 1. The number of alkyl halides is 6. The van der Waals surface area contributed by atoms with Crippen LogP contribution >= 0.6 is 0 Å². The molecule has 0 radical (unpaired) electrons. The van der Waals surface area contributed by atoms with Crippen molar-refractivity contribution in [2.75, 3.05) is 32.9 Å². The van der Waals surface area contributed by atoms with Crippen molar-refractivity contribution < 1.29 is 50.6 Å². The Bertz CT molecular complexity index is 1190. The molecule has 1 heterocycles. The fraction of sp³-hybridized carbons (Fsp3) is 0.519. The summed E-state index contributed by atoms with van der Waals surface area (Å²) >= 11 is 0. The summed E-state index contributed by atoms with van der Waals surface area (Å²) in [5.41, 5.74) is -5.90. The Morgan fingerprint density at radius 3 is 2.15 bits per heavy atom. The van der Waals surface area contributed by atoms with E-state index in [2.05, 4.69) is 0 Å². The highest BCUT2D eigenvalue weighted by atomic mass is 19.4. The minimum absolute atomic E-state index is 0.0238. The van der Waals surface area contributed by atoms with Crippen LogP contribution in [0.25, 0.3) is 0 Å². The van der Waals surface area contributed by atoms with Crippen LogP contribution < -0.4 is 0 Å². The number of hydrogen-bond acceptors (Lipinski definition) is 7. The molecule has 1 N–H and O–H groups in total. The lowest BCUT2D eigenvalue weighted by molar-refractivity contribution is -0.580. The second-order valence-corrected chi connectivity index (χ2v) is 9.99. The molecule has 0 aromatic heterocycles. The van der Waals surface area contributed by atoms with E-state index in [0.29, 0.717) is 17.7 Å². The van der Waals surface area contributed by atoms with Crippen molar-refractivity contribution in [2.45, 2.75) is 56.2 Å². The summed E-state index contributed by atoms with van der Waals surface area (Å²) in [6.45, 7) is 0.864. The molecule has 0 spiro atoms. The number of nitro groups is 1. The van der Waals surface area contributed by atoms with Gasteiger partial charge in [-0.15, -0.1) is 0 Å². The quantitative estimate of drug-likeness (QED) is 0.172. The van der Waals surface area contributed by atoms with Crippen LogP contribution in [-0.4, -0.2) is 59.3 Å². The zero-order chi connectivity index (χ0) is 30.6. The van der Waals surface area contributed by atoms with Crippen molar-refractivity contribution in [2.24, 2.45) is 0 Å². The molecular formula is C27H30F6N2O6. The first-order valence-corrected chi connectivity index (χ1v) is 12.7. The van der Waals surface area contributed by atoms with Crippen molar-refractivity contribution in [1.29, 1.82) is 0 Å². The van der Waals surface area contributed by atoms with E-state index in [1.807, 2.05) is 0 Å². The molecule has 1 saturated heterocycles. The summed E-state index contributed by atoms with van der Waals surface area (Å²) in [7, 11) is 0. The Labute approximate surface area is 232 Å². The first kappa shape index (κ1) is 32.3. The highest BCUT2D eigenvalue weighted by molar-refractivity contribution is 5.72. The van der Waals surface area contributed by atoms with Crippen molar-refractivity contribution in [3.05, 3.63) is 80.9 Å². The molecule has 0 unspecified atom stereocenters. The Balaban J connectivity index is 2.05. The second-order valence-electron chi connectivity index (χ2n) is 9.99. The molecule has 41 heavy (non-hydrogen) atoms. The molecule has 0 bridgehead atoms. The second kappa shape index (κ2) is 12.3. The van der Waals surface area contributed by atoms with Gasteiger partial charge in [-0.1, -0.05) is 30.3 Å². The molecule has 14 heteroatoms. The summed E-state index contributed by atoms with van der Waals surface area (Å²) in [6.07, 6.45) is -11.5. The van der Waals surface area contributed by atoms with Crippen LogP contribution in [0, 0.1) is 10.1 Å². The highest BCUT2D eigenvalue weighted by Crippen LogP contribution is 2.44. The van der Waals surface area contributed by atoms with E-state index >= 15 is 0 Å². The van der Waals surface area contributed by atoms with Gasteiger partial charge >= 0.3 is 18.3 Å². The summed E-state index contributed by atoms with van der Waals surface area (Å²) in [4.78, 5) is 25.4. The van der Waals surface area contributed by atoms with Crippen molar-refractivity contribution in [3.8, 4) is 0 Å². The monoisotopic (exact) mass is 592 g/mol. The molecule has 0 amide bonds. The fourth-order valence-electron chi connectivity index (χ4n) is 4.98. The van der Waals surface area contributed by atoms with E-state index in [9.17, 15) is 46.4 Å². The minimum Gasteiger partial charge on any atom is -0.465 e. The Hall–Kier alpha value is -3.23. The minimum atomic E-state index is -5.04. The van der Waals surface area contributed by atoms with Gasteiger partial charge in [0.2, 0.25) is 0 Å². The molecule has 3 rings (SSSR count). The first-order valence-electron chi connectivity index (χ1n) is 12.7. The number of carbonyl (C=O) groups is 1. The van der Waals surface area contributed by atoms with Crippen LogP contribution in [0.5, 0.6) is 0 Å². The van der Waals surface area contributed by atoms with Crippen LogP contribution in [0.3, 0.4) is 0 Å². The molecule has 2 aromatic carbocycles. The zero-order valence-corrected chi connectivity index (χ0v) is 22.3. The van der Waals surface area contributed by atoms with Crippen LogP contribution in [-0.2, 0) is 32.2 Å². The van der Waals surface area contributed by atoms with Crippen LogP contribution in [0.2, 0.25) is 0 Å². The number of benzene rings is 2. The van der Waals surface area contributed by atoms with Gasteiger partial charge in [-0.25, -0.2) is 0 Å². The Morgan fingerprint density at radius 1 is 1.07 bits per heavy atom. The number of nitrogens with zero attached hydrogens (tertiary/aromatic N) is 2. The number of hydrogen-bond donors (Lipinski definition) is 1.